The van der Waals surface area contributed by atoms with Crippen molar-refractivity contribution in [2.75, 3.05) is 13.7 Å². The monoisotopic (exact) mass is 676 g/mol. The lowest BCUT2D eigenvalue weighted by atomic mass is 9.98. The molecule has 0 radical (unpaired) electrons. The van der Waals surface area contributed by atoms with E-state index in [0.29, 0.717) is 17.7 Å². The number of phenolic OH excluding ortho intramolecular Hbond substituents is 1. The summed E-state index contributed by atoms with van der Waals surface area (Å²) in [5.41, 5.74) is -0.0147. The number of esters is 1. The third-order valence-corrected chi connectivity index (χ3v) is 8.55. The minimum atomic E-state index is -1.79. The summed E-state index contributed by atoms with van der Waals surface area (Å²) in [5, 5.41) is 63.5. The fourth-order valence-electron chi connectivity index (χ4n) is 5.36. The van der Waals surface area contributed by atoms with E-state index in [4.69, 9.17) is 32.8 Å². The lowest BCUT2D eigenvalue weighted by Crippen LogP contribution is -2.62. The van der Waals surface area contributed by atoms with Gasteiger partial charge < -0.3 is 63.5 Å². The van der Waals surface area contributed by atoms with Crippen molar-refractivity contribution in [3.63, 3.8) is 0 Å². The minimum Gasteiger partial charge on any atom is -0.507 e. The van der Waals surface area contributed by atoms with E-state index in [-0.39, 0.29) is 22.5 Å². The summed E-state index contributed by atoms with van der Waals surface area (Å²) in [4.78, 5) is 25.4. The fourth-order valence-corrected chi connectivity index (χ4v) is 5.36. The van der Waals surface area contributed by atoms with Crippen LogP contribution in [0.1, 0.15) is 27.2 Å². The molecule has 2 aromatic carbocycles. The van der Waals surface area contributed by atoms with Crippen LogP contribution in [0, 0.1) is 5.92 Å². The quantitative estimate of drug-likeness (QED) is 0.163. The molecule has 0 saturated carbocycles. The summed E-state index contributed by atoms with van der Waals surface area (Å²) in [6.07, 6.45) is -14.5. The van der Waals surface area contributed by atoms with Crippen LogP contribution in [0.3, 0.4) is 0 Å². The van der Waals surface area contributed by atoms with Gasteiger partial charge in [0.15, 0.2) is 17.8 Å². The zero-order valence-corrected chi connectivity index (χ0v) is 26.7. The Hall–Kier alpha value is -3.80. The molecule has 48 heavy (non-hydrogen) atoms. The van der Waals surface area contributed by atoms with E-state index in [1.807, 2.05) is 0 Å². The van der Waals surface area contributed by atoms with Crippen LogP contribution in [0.5, 0.6) is 17.2 Å². The van der Waals surface area contributed by atoms with Crippen LogP contribution in [0.15, 0.2) is 51.7 Å². The van der Waals surface area contributed by atoms with Crippen molar-refractivity contribution in [1.82, 2.24) is 0 Å². The van der Waals surface area contributed by atoms with Crippen LogP contribution in [-0.4, -0.2) is 112 Å². The normalized spacial score (nSPS) is 31.3. The third kappa shape index (κ3) is 7.28. The Morgan fingerprint density at radius 1 is 0.896 bits per heavy atom. The fraction of sp³-hybridized carbons (Fsp3) is 0.515. The van der Waals surface area contributed by atoms with Crippen LogP contribution in [0.4, 0.5) is 0 Å². The van der Waals surface area contributed by atoms with Gasteiger partial charge in [-0.2, -0.15) is 0 Å². The predicted octanol–water partition coefficient (Wildman–Crippen LogP) is 0.802. The zero-order chi connectivity index (χ0) is 34.9. The molecule has 0 aliphatic carbocycles. The Kier molecular flexibility index (Phi) is 10.9. The van der Waals surface area contributed by atoms with E-state index in [9.17, 15) is 40.2 Å². The Balaban J connectivity index is 1.34. The standard InChI is InChI=1S/C33H40O15/c1-5-14(2)31(41)48-30-28(39)25(36)15(3)44-33(30)43-13-23-26(37)27(38)29(40)32(47-23)45-18-10-19(34)24-20(35)12-21(46-22(24)11-18)16-6-8-17(42-4)9-7-16/h6-12,14-15,23,25-30,32-34,36-40H,5,13H2,1-4H3/t14-,15-,23+,25-,26+,27-,28+,29+,30-,32+,33-/m0/s1. The summed E-state index contributed by atoms with van der Waals surface area (Å²) in [5.74, 6) is -0.955. The van der Waals surface area contributed by atoms with Crippen molar-refractivity contribution in [3.05, 3.63) is 52.7 Å². The van der Waals surface area contributed by atoms with Crippen LogP contribution < -0.4 is 14.9 Å². The highest BCUT2D eigenvalue weighted by molar-refractivity contribution is 5.86. The molecule has 262 valence electrons. The van der Waals surface area contributed by atoms with Gasteiger partial charge in [0.05, 0.1) is 25.7 Å². The number of benzene rings is 2. The smallest absolute Gasteiger partial charge is 0.309 e. The minimum absolute atomic E-state index is 0.0450. The van der Waals surface area contributed by atoms with Crippen LogP contribution >= 0.6 is 0 Å². The molecule has 0 spiro atoms. The lowest BCUT2D eigenvalue weighted by molar-refractivity contribution is -0.320. The summed E-state index contributed by atoms with van der Waals surface area (Å²) in [6.45, 7) is 4.38. The number of methoxy groups -OCH3 is 1. The van der Waals surface area contributed by atoms with E-state index >= 15 is 0 Å². The number of fused-ring (bicyclic) bond motifs is 1. The second-order valence-electron chi connectivity index (χ2n) is 11.9. The number of hydrogen-bond acceptors (Lipinski definition) is 15. The van der Waals surface area contributed by atoms with Crippen molar-refractivity contribution in [2.24, 2.45) is 5.92 Å². The maximum absolute atomic E-state index is 12.9. The van der Waals surface area contributed by atoms with Gasteiger partial charge in [-0.15, -0.1) is 0 Å². The SMILES string of the molecule is CC[C@H](C)C(=O)O[C@@H]1[C@@H](OC[C@H]2O[C@@H](Oc3cc(O)c4c(=O)cc(-c5ccc(OC)cc5)oc4c3)[C@H](O)[C@@H](O)[C@@H]2O)O[C@@H](C)[C@H](O)[C@H]1O. The zero-order valence-electron chi connectivity index (χ0n) is 26.7. The molecule has 6 N–H and O–H groups in total. The number of carbonyl (C=O) groups is 1. The van der Waals surface area contributed by atoms with Crippen LogP contribution in [0.25, 0.3) is 22.3 Å². The molecular weight excluding hydrogens is 636 g/mol. The molecule has 2 aliphatic rings. The molecule has 2 aliphatic heterocycles. The topological polar surface area (TPSA) is 224 Å². The Labute approximate surface area is 274 Å². The van der Waals surface area contributed by atoms with Crippen LogP contribution in [0.2, 0.25) is 0 Å². The molecule has 5 rings (SSSR count). The number of aromatic hydroxyl groups is 1. The first kappa shape index (κ1) is 35.5. The molecule has 2 saturated heterocycles. The number of ether oxygens (including phenoxy) is 6. The molecule has 0 bridgehead atoms. The maximum Gasteiger partial charge on any atom is 0.309 e. The molecule has 3 heterocycles. The van der Waals surface area contributed by atoms with Crippen molar-refractivity contribution >= 4 is 16.9 Å². The van der Waals surface area contributed by atoms with Crippen LogP contribution in [-0.2, 0) is 23.7 Å². The van der Waals surface area contributed by atoms with Crippen molar-refractivity contribution in [1.29, 1.82) is 0 Å². The highest BCUT2D eigenvalue weighted by atomic mass is 16.7. The van der Waals surface area contributed by atoms with E-state index in [1.165, 1.54) is 26.2 Å². The van der Waals surface area contributed by atoms with Gasteiger partial charge in [0.2, 0.25) is 6.29 Å². The van der Waals surface area contributed by atoms with Gasteiger partial charge in [-0.05, 0) is 37.6 Å². The molecule has 0 amide bonds. The highest BCUT2D eigenvalue weighted by Gasteiger charge is 2.49. The summed E-state index contributed by atoms with van der Waals surface area (Å²) < 4.78 is 39.4. The Morgan fingerprint density at radius 2 is 1.60 bits per heavy atom. The van der Waals surface area contributed by atoms with Gasteiger partial charge in [0.25, 0.3) is 0 Å². The third-order valence-electron chi connectivity index (χ3n) is 8.55. The number of rotatable bonds is 10. The van der Waals surface area contributed by atoms with E-state index in [2.05, 4.69) is 0 Å². The van der Waals surface area contributed by atoms with Gasteiger partial charge in [-0.3, -0.25) is 9.59 Å². The Bertz CT molecular complexity index is 1620. The largest absolute Gasteiger partial charge is 0.507 e. The van der Waals surface area contributed by atoms with Crippen molar-refractivity contribution in [3.8, 4) is 28.6 Å². The molecular formula is C33H40O15. The van der Waals surface area contributed by atoms with E-state index in [0.717, 1.165) is 6.07 Å². The second kappa shape index (κ2) is 14.8. The average Bonchev–Trinajstić information content (AvgIpc) is 3.07. The molecule has 11 atom stereocenters. The van der Waals surface area contributed by atoms with Crippen molar-refractivity contribution < 1.29 is 68.3 Å². The van der Waals surface area contributed by atoms with E-state index < -0.39 is 91.1 Å². The number of aliphatic hydroxyl groups is 5. The lowest BCUT2D eigenvalue weighted by Gasteiger charge is -2.43. The summed E-state index contributed by atoms with van der Waals surface area (Å²) in [7, 11) is 1.52. The molecule has 2 fully saturated rings. The second-order valence-corrected chi connectivity index (χ2v) is 11.9. The first-order valence-electron chi connectivity index (χ1n) is 15.5. The van der Waals surface area contributed by atoms with Gasteiger partial charge in [-0.25, -0.2) is 0 Å². The number of carbonyl (C=O) groups excluding carboxylic acids is 1. The number of phenols is 1. The summed E-state index contributed by atoms with van der Waals surface area (Å²) >= 11 is 0. The van der Waals surface area contributed by atoms with E-state index in [1.54, 1.807) is 38.1 Å². The maximum atomic E-state index is 12.9. The predicted molar refractivity (Wildman–Crippen MR) is 165 cm³/mol. The summed E-state index contributed by atoms with van der Waals surface area (Å²) in [6, 6.07) is 10.4. The first-order valence-corrected chi connectivity index (χ1v) is 15.5. The van der Waals surface area contributed by atoms with Gasteiger partial charge in [-0.1, -0.05) is 13.8 Å². The number of aliphatic hydroxyl groups excluding tert-OH is 5. The highest BCUT2D eigenvalue weighted by Crippen LogP contribution is 2.34. The molecule has 1 aromatic heterocycles. The van der Waals surface area contributed by atoms with Gasteiger partial charge in [0.1, 0.15) is 70.6 Å². The average molecular weight is 677 g/mol. The molecule has 15 nitrogen and oxygen atoms in total. The number of hydrogen-bond donors (Lipinski definition) is 6. The molecule has 15 heteroatoms. The van der Waals surface area contributed by atoms with Gasteiger partial charge in [0, 0.05) is 23.8 Å². The first-order chi connectivity index (χ1) is 22.8. The Morgan fingerprint density at radius 3 is 2.27 bits per heavy atom. The molecule has 0 unspecified atom stereocenters. The molecule has 3 aromatic rings. The van der Waals surface area contributed by atoms with Gasteiger partial charge >= 0.3 is 5.97 Å². The van der Waals surface area contributed by atoms with Crippen molar-refractivity contribution in [2.45, 2.75) is 88.6 Å².